The number of carbonyl (C=O) groups is 1. The molecule has 9 heteroatoms. The molecule has 1 aliphatic rings. The monoisotopic (exact) mass is 429 g/mol. The topological polar surface area (TPSA) is 113 Å². The third kappa shape index (κ3) is 4.37. The number of ether oxygens (including phenoxy) is 1. The molecule has 9 nitrogen and oxygen atoms in total. The molecule has 162 valence electrons. The van der Waals surface area contributed by atoms with Gasteiger partial charge in [0.2, 0.25) is 5.88 Å². The molecule has 1 aromatic carbocycles. The summed E-state index contributed by atoms with van der Waals surface area (Å²) in [6.07, 6.45) is 3.46. The van der Waals surface area contributed by atoms with Gasteiger partial charge in [0.15, 0.2) is 0 Å². The minimum absolute atomic E-state index is 0.351. The molecule has 0 spiro atoms. The Balaban J connectivity index is 1.24. The zero-order valence-electron chi connectivity index (χ0n) is 17.4. The van der Waals surface area contributed by atoms with Crippen molar-refractivity contribution in [2.24, 2.45) is 5.73 Å². The quantitative estimate of drug-likeness (QED) is 0.504. The van der Waals surface area contributed by atoms with Crippen molar-refractivity contribution in [3.63, 3.8) is 0 Å². The van der Waals surface area contributed by atoms with Crippen molar-refractivity contribution < 1.29 is 9.53 Å². The van der Waals surface area contributed by atoms with E-state index in [-0.39, 0.29) is 6.03 Å². The lowest BCUT2D eigenvalue weighted by molar-refractivity contribution is 0.140. The number of hydrogen-bond donors (Lipinski definition) is 2. The molecule has 1 aliphatic heterocycles. The van der Waals surface area contributed by atoms with Crippen LogP contribution in [0.15, 0.2) is 60.9 Å². The molecule has 0 bridgehead atoms. The maximum Gasteiger partial charge on any atom is 0.314 e. The first-order valence-electron chi connectivity index (χ1n) is 10.4. The van der Waals surface area contributed by atoms with Crippen molar-refractivity contribution in [2.45, 2.75) is 6.54 Å². The van der Waals surface area contributed by atoms with E-state index in [9.17, 15) is 4.79 Å². The molecule has 5 rings (SSSR count). The highest BCUT2D eigenvalue weighted by Crippen LogP contribution is 2.26. The predicted molar refractivity (Wildman–Crippen MR) is 120 cm³/mol. The standard InChI is InChI=1S/C23H23N7O2/c24-23(31)30-11-9-29(10-12-30)15-18-3-1-16-13-19(4-5-20(16)27-18)32-22-6-2-17(14-25-22)21-7-8-26-28-21/h1-8,13-14H,9-12,15H2,(H2,24,31)(H,26,28). The second-order valence-corrected chi connectivity index (χ2v) is 7.72. The summed E-state index contributed by atoms with van der Waals surface area (Å²) in [6, 6.07) is 15.2. The maximum absolute atomic E-state index is 11.3. The number of nitrogens with one attached hydrogen (secondary N) is 1. The molecule has 0 aliphatic carbocycles. The van der Waals surface area contributed by atoms with Crippen molar-refractivity contribution in [3.05, 3.63) is 66.6 Å². The van der Waals surface area contributed by atoms with Gasteiger partial charge in [0, 0.05) is 62.1 Å². The third-order valence-electron chi connectivity index (χ3n) is 5.56. The summed E-state index contributed by atoms with van der Waals surface area (Å²) in [7, 11) is 0. The molecular weight excluding hydrogens is 406 g/mol. The van der Waals surface area contributed by atoms with Crippen LogP contribution in [0, 0.1) is 0 Å². The second-order valence-electron chi connectivity index (χ2n) is 7.72. The van der Waals surface area contributed by atoms with Crippen molar-refractivity contribution in [2.75, 3.05) is 26.2 Å². The Morgan fingerprint density at radius 3 is 2.66 bits per heavy atom. The summed E-state index contributed by atoms with van der Waals surface area (Å²) in [4.78, 5) is 24.4. The molecule has 1 fully saturated rings. The smallest absolute Gasteiger partial charge is 0.314 e. The van der Waals surface area contributed by atoms with Gasteiger partial charge >= 0.3 is 6.03 Å². The molecule has 0 atom stereocenters. The molecule has 0 saturated carbocycles. The van der Waals surface area contributed by atoms with E-state index in [4.69, 9.17) is 15.5 Å². The van der Waals surface area contributed by atoms with Crippen LogP contribution in [0.5, 0.6) is 11.6 Å². The van der Waals surface area contributed by atoms with E-state index in [1.54, 1.807) is 17.3 Å². The number of urea groups is 1. The molecular formula is C23H23N7O2. The number of nitrogens with two attached hydrogens (primary N) is 1. The van der Waals surface area contributed by atoms with Gasteiger partial charge in [-0.3, -0.25) is 15.0 Å². The van der Waals surface area contributed by atoms with Gasteiger partial charge in [-0.05, 0) is 36.4 Å². The van der Waals surface area contributed by atoms with Gasteiger partial charge in [-0.1, -0.05) is 6.07 Å². The van der Waals surface area contributed by atoms with E-state index in [1.165, 1.54) is 0 Å². The van der Waals surface area contributed by atoms with Gasteiger partial charge in [0.25, 0.3) is 0 Å². The first-order valence-corrected chi connectivity index (χ1v) is 10.4. The molecule has 0 radical (unpaired) electrons. The number of benzene rings is 1. The normalized spacial score (nSPS) is 14.6. The van der Waals surface area contributed by atoms with Crippen molar-refractivity contribution in [1.29, 1.82) is 0 Å². The van der Waals surface area contributed by atoms with Crippen LogP contribution < -0.4 is 10.5 Å². The van der Waals surface area contributed by atoms with Crippen LogP contribution in [0.1, 0.15) is 5.69 Å². The van der Waals surface area contributed by atoms with Crippen LogP contribution in [-0.2, 0) is 6.54 Å². The van der Waals surface area contributed by atoms with E-state index in [1.807, 2.05) is 42.5 Å². The molecule has 2 amide bonds. The zero-order chi connectivity index (χ0) is 21.9. The van der Waals surface area contributed by atoms with E-state index in [0.29, 0.717) is 24.7 Å². The number of aromatic nitrogens is 4. The Bertz CT molecular complexity index is 1220. The highest BCUT2D eigenvalue weighted by Gasteiger charge is 2.19. The minimum Gasteiger partial charge on any atom is -0.439 e. The Kier molecular flexibility index (Phi) is 5.39. The lowest BCUT2D eigenvalue weighted by atomic mass is 10.2. The van der Waals surface area contributed by atoms with Gasteiger partial charge in [0.05, 0.1) is 16.9 Å². The molecule has 0 unspecified atom stereocenters. The first-order chi connectivity index (χ1) is 15.6. The fourth-order valence-corrected chi connectivity index (χ4v) is 3.79. The summed E-state index contributed by atoms with van der Waals surface area (Å²) in [6.45, 7) is 3.64. The van der Waals surface area contributed by atoms with Crippen molar-refractivity contribution >= 4 is 16.9 Å². The van der Waals surface area contributed by atoms with Gasteiger partial charge in [-0.15, -0.1) is 0 Å². The summed E-state index contributed by atoms with van der Waals surface area (Å²) in [5.74, 6) is 1.23. The number of amides is 2. The summed E-state index contributed by atoms with van der Waals surface area (Å²) in [5.41, 5.74) is 9.11. The van der Waals surface area contributed by atoms with E-state index >= 15 is 0 Å². The lowest BCUT2D eigenvalue weighted by Gasteiger charge is -2.33. The van der Waals surface area contributed by atoms with Crippen molar-refractivity contribution in [3.8, 4) is 22.9 Å². The highest BCUT2D eigenvalue weighted by atomic mass is 16.5. The number of primary amides is 1. The fraction of sp³-hybridized carbons (Fsp3) is 0.217. The Morgan fingerprint density at radius 2 is 1.94 bits per heavy atom. The molecule has 3 aromatic heterocycles. The van der Waals surface area contributed by atoms with Gasteiger partial charge < -0.3 is 15.4 Å². The molecule has 4 aromatic rings. The summed E-state index contributed by atoms with van der Waals surface area (Å²) < 4.78 is 5.92. The average Bonchev–Trinajstić information content (AvgIpc) is 3.35. The first kappa shape index (κ1) is 20.0. The molecule has 32 heavy (non-hydrogen) atoms. The maximum atomic E-state index is 11.3. The molecule has 4 heterocycles. The van der Waals surface area contributed by atoms with Crippen LogP contribution in [0.25, 0.3) is 22.2 Å². The SMILES string of the molecule is NC(=O)N1CCN(Cc2ccc3cc(Oc4ccc(-c5ccn[nH]5)cn4)ccc3n2)CC1. The van der Waals surface area contributed by atoms with Crippen LogP contribution >= 0.6 is 0 Å². The molecule has 3 N–H and O–H groups in total. The number of piperazine rings is 1. The number of aromatic amines is 1. The number of hydrogen-bond acceptors (Lipinski definition) is 6. The number of pyridine rings is 2. The number of fused-ring (bicyclic) bond motifs is 1. The van der Waals surface area contributed by atoms with Gasteiger partial charge in [-0.25, -0.2) is 9.78 Å². The number of H-pyrrole nitrogens is 1. The minimum atomic E-state index is -0.351. The van der Waals surface area contributed by atoms with Crippen molar-refractivity contribution in [1.82, 2.24) is 30.0 Å². The van der Waals surface area contributed by atoms with Gasteiger partial charge in [0.1, 0.15) is 5.75 Å². The highest BCUT2D eigenvalue weighted by molar-refractivity contribution is 5.80. The fourth-order valence-electron chi connectivity index (χ4n) is 3.79. The van der Waals surface area contributed by atoms with Crippen LogP contribution in [0.3, 0.4) is 0 Å². The van der Waals surface area contributed by atoms with Crippen LogP contribution in [-0.4, -0.2) is 62.2 Å². The second kappa shape index (κ2) is 8.64. The number of nitrogens with zero attached hydrogens (tertiary/aromatic N) is 5. The number of rotatable bonds is 5. The number of carbonyl (C=O) groups excluding carboxylic acids is 1. The van der Waals surface area contributed by atoms with Gasteiger partial charge in [-0.2, -0.15) is 5.10 Å². The largest absolute Gasteiger partial charge is 0.439 e. The zero-order valence-corrected chi connectivity index (χ0v) is 17.4. The van der Waals surface area contributed by atoms with E-state index < -0.39 is 0 Å². The molecule has 1 saturated heterocycles. The summed E-state index contributed by atoms with van der Waals surface area (Å²) >= 11 is 0. The average molecular weight is 429 g/mol. The Hall–Kier alpha value is -3.98. The predicted octanol–water partition coefficient (Wildman–Crippen LogP) is 3.01. The Morgan fingerprint density at radius 1 is 1.06 bits per heavy atom. The Labute approximate surface area is 184 Å². The van der Waals surface area contributed by atoms with Crippen LogP contribution in [0.4, 0.5) is 4.79 Å². The van der Waals surface area contributed by atoms with E-state index in [0.717, 1.165) is 47.5 Å². The van der Waals surface area contributed by atoms with Crippen LogP contribution in [0.2, 0.25) is 0 Å². The third-order valence-corrected chi connectivity index (χ3v) is 5.56. The summed E-state index contributed by atoms with van der Waals surface area (Å²) in [5, 5.41) is 7.87. The lowest BCUT2D eigenvalue weighted by Crippen LogP contribution is -2.50. The van der Waals surface area contributed by atoms with E-state index in [2.05, 4.69) is 26.1 Å².